The van der Waals surface area contributed by atoms with E-state index in [1.165, 1.54) is 11.8 Å². The van der Waals surface area contributed by atoms with Gasteiger partial charge in [-0.3, -0.25) is 0 Å². The second-order valence-electron chi connectivity index (χ2n) is 5.94. The number of rotatable bonds is 6. The maximum Gasteiger partial charge on any atom is 0.151 e. The van der Waals surface area contributed by atoms with Gasteiger partial charge in [0.25, 0.3) is 0 Å². The Bertz CT molecular complexity index is 553. The molecule has 5 heteroatoms. The summed E-state index contributed by atoms with van der Waals surface area (Å²) in [5.74, 6) is 0.861. The van der Waals surface area contributed by atoms with Crippen molar-refractivity contribution in [3.05, 3.63) is 29.8 Å². The fraction of sp³-hybridized carbons (Fsp3) is 0.625. The number of sulfone groups is 1. The number of hydrogen-bond acceptors (Lipinski definition) is 4. The smallest absolute Gasteiger partial charge is 0.151 e. The van der Waals surface area contributed by atoms with Crippen LogP contribution < -0.4 is 4.74 Å². The molecular formula is C16H25NO3S. The van der Waals surface area contributed by atoms with Crippen molar-refractivity contribution < 1.29 is 13.2 Å². The molecule has 1 saturated carbocycles. The van der Waals surface area contributed by atoms with Crippen molar-refractivity contribution in [2.75, 3.05) is 27.0 Å². The van der Waals surface area contributed by atoms with Crippen molar-refractivity contribution >= 4 is 9.84 Å². The van der Waals surface area contributed by atoms with E-state index in [1.807, 2.05) is 19.2 Å². The van der Waals surface area contributed by atoms with Crippen LogP contribution in [0.3, 0.4) is 0 Å². The van der Waals surface area contributed by atoms with Crippen LogP contribution in [0.25, 0.3) is 0 Å². The summed E-state index contributed by atoms with van der Waals surface area (Å²) in [5, 5.41) is -0.196. The molecule has 1 aliphatic carbocycles. The van der Waals surface area contributed by atoms with Crippen LogP contribution in [0.1, 0.15) is 24.8 Å². The standard InChI is InChI=1S/C16H25NO3S/c1-17(15-5-4-6-16(15)21(3,18)19)12-11-13-7-9-14(20-2)10-8-13/h7-10,15-16H,4-6,11-12H2,1-3H3. The van der Waals surface area contributed by atoms with Gasteiger partial charge in [-0.05, 0) is 44.0 Å². The number of ether oxygens (including phenoxy) is 1. The van der Waals surface area contributed by atoms with Gasteiger partial charge in [0.2, 0.25) is 0 Å². The number of benzene rings is 1. The Morgan fingerprint density at radius 1 is 1.24 bits per heavy atom. The zero-order chi connectivity index (χ0) is 15.5. The molecule has 0 aliphatic heterocycles. The number of methoxy groups -OCH3 is 1. The van der Waals surface area contributed by atoms with Gasteiger partial charge in [-0.25, -0.2) is 8.42 Å². The summed E-state index contributed by atoms with van der Waals surface area (Å²) in [6.07, 6.45) is 5.09. The second-order valence-corrected chi connectivity index (χ2v) is 8.21. The molecule has 0 amide bonds. The zero-order valence-corrected chi connectivity index (χ0v) is 13.9. The average Bonchev–Trinajstić information content (AvgIpc) is 2.95. The van der Waals surface area contributed by atoms with Gasteiger partial charge in [0.1, 0.15) is 5.75 Å². The van der Waals surface area contributed by atoms with Crippen LogP contribution >= 0.6 is 0 Å². The minimum Gasteiger partial charge on any atom is -0.497 e. The molecule has 118 valence electrons. The average molecular weight is 311 g/mol. The van der Waals surface area contributed by atoms with E-state index in [9.17, 15) is 8.42 Å². The van der Waals surface area contributed by atoms with Gasteiger partial charge in [-0.2, -0.15) is 0 Å². The van der Waals surface area contributed by atoms with Gasteiger partial charge in [-0.1, -0.05) is 18.6 Å². The maximum absolute atomic E-state index is 11.9. The molecular weight excluding hydrogens is 286 g/mol. The van der Waals surface area contributed by atoms with Crippen LogP contribution in [0.5, 0.6) is 5.75 Å². The Morgan fingerprint density at radius 2 is 1.90 bits per heavy atom. The van der Waals surface area contributed by atoms with E-state index >= 15 is 0 Å². The van der Waals surface area contributed by atoms with Crippen LogP contribution in [-0.4, -0.2) is 51.6 Å². The summed E-state index contributed by atoms with van der Waals surface area (Å²) in [6, 6.07) is 8.22. The predicted molar refractivity (Wildman–Crippen MR) is 85.6 cm³/mol. The Balaban J connectivity index is 1.93. The molecule has 0 N–H and O–H groups in total. The zero-order valence-electron chi connectivity index (χ0n) is 13.1. The fourth-order valence-electron chi connectivity index (χ4n) is 3.17. The lowest BCUT2D eigenvalue weighted by molar-refractivity contribution is 0.249. The summed E-state index contributed by atoms with van der Waals surface area (Å²) >= 11 is 0. The molecule has 0 spiro atoms. The predicted octanol–water partition coefficient (Wildman–Crippen LogP) is 2.14. The highest BCUT2D eigenvalue weighted by molar-refractivity contribution is 7.91. The third-order valence-electron chi connectivity index (χ3n) is 4.45. The molecule has 2 rings (SSSR count). The molecule has 0 radical (unpaired) electrons. The molecule has 1 aliphatic rings. The van der Waals surface area contributed by atoms with E-state index in [0.717, 1.165) is 38.0 Å². The topological polar surface area (TPSA) is 46.6 Å². The van der Waals surface area contributed by atoms with Crippen molar-refractivity contribution in [2.24, 2.45) is 0 Å². The minimum atomic E-state index is -2.95. The van der Waals surface area contributed by atoms with Crippen LogP contribution in [-0.2, 0) is 16.3 Å². The van der Waals surface area contributed by atoms with Crippen molar-refractivity contribution in [2.45, 2.75) is 37.0 Å². The van der Waals surface area contributed by atoms with E-state index in [4.69, 9.17) is 4.74 Å². The van der Waals surface area contributed by atoms with Gasteiger partial charge in [0, 0.05) is 18.8 Å². The Morgan fingerprint density at radius 3 is 2.48 bits per heavy atom. The van der Waals surface area contributed by atoms with Crippen molar-refractivity contribution in [1.29, 1.82) is 0 Å². The van der Waals surface area contributed by atoms with Crippen molar-refractivity contribution in [3.8, 4) is 5.75 Å². The summed E-state index contributed by atoms with van der Waals surface area (Å²) in [4.78, 5) is 2.21. The summed E-state index contributed by atoms with van der Waals surface area (Å²) in [6.45, 7) is 0.878. The highest BCUT2D eigenvalue weighted by Gasteiger charge is 2.36. The van der Waals surface area contributed by atoms with E-state index < -0.39 is 9.84 Å². The van der Waals surface area contributed by atoms with Gasteiger partial charge in [-0.15, -0.1) is 0 Å². The Hall–Kier alpha value is -1.07. The monoisotopic (exact) mass is 311 g/mol. The van der Waals surface area contributed by atoms with Gasteiger partial charge >= 0.3 is 0 Å². The van der Waals surface area contributed by atoms with Crippen molar-refractivity contribution in [3.63, 3.8) is 0 Å². The molecule has 1 aromatic carbocycles. The third kappa shape index (κ3) is 4.20. The largest absolute Gasteiger partial charge is 0.497 e. The maximum atomic E-state index is 11.9. The fourth-order valence-corrected chi connectivity index (χ4v) is 4.68. The summed E-state index contributed by atoms with van der Waals surface area (Å²) in [5.41, 5.74) is 1.25. The van der Waals surface area contributed by atoms with Gasteiger partial charge in [0.05, 0.1) is 12.4 Å². The van der Waals surface area contributed by atoms with Crippen LogP contribution in [0, 0.1) is 0 Å². The minimum absolute atomic E-state index is 0.165. The molecule has 2 unspecified atom stereocenters. The number of nitrogens with zero attached hydrogens (tertiary/aromatic N) is 1. The number of likely N-dealkylation sites (N-methyl/N-ethyl adjacent to an activating group) is 1. The quantitative estimate of drug-likeness (QED) is 0.807. The van der Waals surface area contributed by atoms with E-state index in [2.05, 4.69) is 17.0 Å². The first-order chi connectivity index (χ1) is 9.91. The van der Waals surface area contributed by atoms with Crippen LogP contribution in [0.4, 0.5) is 0 Å². The normalized spacial score (nSPS) is 22.7. The van der Waals surface area contributed by atoms with E-state index in [0.29, 0.717) is 0 Å². The molecule has 0 aromatic heterocycles. The first kappa shape index (κ1) is 16.3. The van der Waals surface area contributed by atoms with Crippen LogP contribution in [0.2, 0.25) is 0 Å². The molecule has 1 fully saturated rings. The molecule has 0 bridgehead atoms. The Kier molecular flexibility index (Phi) is 5.27. The molecule has 0 heterocycles. The van der Waals surface area contributed by atoms with Gasteiger partial charge < -0.3 is 9.64 Å². The lowest BCUT2D eigenvalue weighted by atomic mass is 10.1. The first-order valence-electron chi connectivity index (χ1n) is 7.44. The number of hydrogen-bond donors (Lipinski definition) is 0. The lowest BCUT2D eigenvalue weighted by Crippen LogP contribution is -2.42. The first-order valence-corrected chi connectivity index (χ1v) is 9.39. The molecule has 0 saturated heterocycles. The van der Waals surface area contributed by atoms with Crippen LogP contribution in [0.15, 0.2) is 24.3 Å². The summed E-state index contributed by atoms with van der Waals surface area (Å²) in [7, 11) is 0.753. The second kappa shape index (κ2) is 6.79. The highest BCUT2D eigenvalue weighted by atomic mass is 32.2. The van der Waals surface area contributed by atoms with Crippen molar-refractivity contribution in [1.82, 2.24) is 4.90 Å². The molecule has 1 aromatic rings. The molecule has 2 atom stereocenters. The molecule has 21 heavy (non-hydrogen) atoms. The Labute approximate surface area is 128 Å². The van der Waals surface area contributed by atoms with E-state index in [1.54, 1.807) is 7.11 Å². The third-order valence-corrected chi connectivity index (χ3v) is 6.10. The SMILES string of the molecule is COc1ccc(CCN(C)C2CCCC2S(C)(=O)=O)cc1. The lowest BCUT2D eigenvalue weighted by Gasteiger charge is -2.28. The van der Waals surface area contributed by atoms with E-state index in [-0.39, 0.29) is 11.3 Å². The molecule has 4 nitrogen and oxygen atoms in total. The van der Waals surface area contributed by atoms with Gasteiger partial charge in [0.15, 0.2) is 9.84 Å². The highest BCUT2D eigenvalue weighted by Crippen LogP contribution is 2.28. The summed E-state index contributed by atoms with van der Waals surface area (Å²) < 4.78 is 28.9.